The molecule has 0 aliphatic carbocycles. The second-order valence-corrected chi connectivity index (χ2v) is 4.73. The molecule has 2 aromatic rings. The van der Waals surface area contributed by atoms with Gasteiger partial charge in [-0.25, -0.2) is 0 Å². The van der Waals surface area contributed by atoms with Crippen LogP contribution in [0.25, 0.3) is 0 Å². The van der Waals surface area contributed by atoms with Gasteiger partial charge in [-0.2, -0.15) is 0 Å². The molecule has 0 fully saturated rings. The summed E-state index contributed by atoms with van der Waals surface area (Å²) in [6.07, 6.45) is 0. The lowest BCUT2D eigenvalue weighted by atomic mass is 10.1. The summed E-state index contributed by atoms with van der Waals surface area (Å²) in [4.78, 5) is 22.9. The molecular formula is C16H16N2O5. The molecule has 1 amide bonds. The SMILES string of the molecule is COc1ccc(C(=O)Nc2cccc([N+](=O)[O-])c2C)c(OC)c1. The van der Waals surface area contributed by atoms with Crippen LogP contribution in [0.5, 0.6) is 11.5 Å². The summed E-state index contributed by atoms with van der Waals surface area (Å²) >= 11 is 0. The highest BCUT2D eigenvalue weighted by Gasteiger charge is 2.18. The number of carbonyl (C=O) groups is 1. The van der Waals surface area contributed by atoms with Crippen molar-refractivity contribution in [2.24, 2.45) is 0 Å². The van der Waals surface area contributed by atoms with Gasteiger partial charge in [0.15, 0.2) is 0 Å². The van der Waals surface area contributed by atoms with E-state index in [0.29, 0.717) is 28.3 Å². The minimum Gasteiger partial charge on any atom is -0.497 e. The molecule has 0 bridgehead atoms. The number of methoxy groups -OCH3 is 2. The van der Waals surface area contributed by atoms with E-state index in [1.807, 2.05) is 0 Å². The minimum atomic E-state index is -0.487. The lowest BCUT2D eigenvalue weighted by molar-refractivity contribution is -0.385. The maximum absolute atomic E-state index is 12.4. The number of ether oxygens (including phenoxy) is 2. The molecule has 0 unspecified atom stereocenters. The van der Waals surface area contributed by atoms with Crippen molar-refractivity contribution in [2.45, 2.75) is 6.92 Å². The first-order valence-electron chi connectivity index (χ1n) is 6.75. The van der Waals surface area contributed by atoms with Gasteiger partial charge in [0.1, 0.15) is 11.5 Å². The first-order chi connectivity index (χ1) is 11.0. The highest BCUT2D eigenvalue weighted by Crippen LogP contribution is 2.28. The van der Waals surface area contributed by atoms with Gasteiger partial charge in [0.05, 0.1) is 36.0 Å². The fraction of sp³-hybridized carbons (Fsp3) is 0.188. The van der Waals surface area contributed by atoms with Crippen LogP contribution >= 0.6 is 0 Å². The Morgan fingerprint density at radius 1 is 1.17 bits per heavy atom. The van der Waals surface area contributed by atoms with Crippen molar-refractivity contribution in [1.29, 1.82) is 0 Å². The number of nitrogens with zero attached hydrogens (tertiary/aromatic N) is 1. The summed E-state index contributed by atoms with van der Waals surface area (Å²) in [6.45, 7) is 1.58. The Morgan fingerprint density at radius 3 is 2.52 bits per heavy atom. The van der Waals surface area contributed by atoms with Gasteiger partial charge in [-0.3, -0.25) is 14.9 Å². The largest absolute Gasteiger partial charge is 0.497 e. The smallest absolute Gasteiger partial charge is 0.274 e. The first kappa shape index (κ1) is 16.3. The molecule has 0 aliphatic heterocycles. The third kappa shape index (κ3) is 3.39. The fourth-order valence-electron chi connectivity index (χ4n) is 2.13. The van der Waals surface area contributed by atoms with Gasteiger partial charge in [-0.15, -0.1) is 0 Å². The van der Waals surface area contributed by atoms with E-state index in [4.69, 9.17) is 9.47 Å². The number of nitro groups is 1. The van der Waals surface area contributed by atoms with E-state index < -0.39 is 10.8 Å². The maximum atomic E-state index is 12.4. The predicted octanol–water partition coefficient (Wildman–Crippen LogP) is 3.17. The normalized spacial score (nSPS) is 10.0. The van der Waals surface area contributed by atoms with E-state index in [9.17, 15) is 14.9 Å². The molecule has 120 valence electrons. The van der Waals surface area contributed by atoms with Crippen molar-refractivity contribution < 1.29 is 19.2 Å². The number of rotatable bonds is 5. The van der Waals surface area contributed by atoms with Crippen molar-refractivity contribution in [3.8, 4) is 11.5 Å². The molecule has 0 aliphatic rings. The van der Waals surface area contributed by atoms with Crippen molar-refractivity contribution in [2.75, 3.05) is 19.5 Å². The Labute approximate surface area is 133 Å². The van der Waals surface area contributed by atoms with E-state index in [1.165, 1.54) is 26.4 Å². The molecule has 0 aromatic heterocycles. The van der Waals surface area contributed by atoms with Crippen LogP contribution in [0.1, 0.15) is 15.9 Å². The standard InChI is InChI=1S/C16H16N2O5/c1-10-13(5-4-6-14(10)18(20)21)17-16(19)12-8-7-11(22-2)9-15(12)23-3/h4-9H,1-3H3,(H,17,19). The van der Waals surface area contributed by atoms with E-state index in [-0.39, 0.29) is 5.69 Å². The fourth-order valence-corrected chi connectivity index (χ4v) is 2.13. The van der Waals surface area contributed by atoms with E-state index in [2.05, 4.69) is 5.32 Å². The van der Waals surface area contributed by atoms with Crippen LogP contribution in [-0.4, -0.2) is 25.1 Å². The van der Waals surface area contributed by atoms with Crippen LogP contribution in [-0.2, 0) is 0 Å². The maximum Gasteiger partial charge on any atom is 0.274 e. The van der Waals surface area contributed by atoms with Gasteiger partial charge in [-0.1, -0.05) is 6.07 Å². The number of hydrogen-bond donors (Lipinski definition) is 1. The van der Waals surface area contributed by atoms with Crippen molar-refractivity contribution in [3.05, 3.63) is 57.6 Å². The number of nitro benzene ring substituents is 1. The molecule has 0 saturated carbocycles. The zero-order valence-corrected chi connectivity index (χ0v) is 13.0. The van der Waals surface area contributed by atoms with Crippen LogP contribution in [0, 0.1) is 17.0 Å². The lowest BCUT2D eigenvalue weighted by Gasteiger charge is -2.12. The van der Waals surface area contributed by atoms with E-state index >= 15 is 0 Å². The van der Waals surface area contributed by atoms with Crippen molar-refractivity contribution >= 4 is 17.3 Å². The minimum absolute atomic E-state index is 0.0514. The topological polar surface area (TPSA) is 90.7 Å². The van der Waals surface area contributed by atoms with Crippen LogP contribution in [0.15, 0.2) is 36.4 Å². The van der Waals surface area contributed by atoms with Crippen LogP contribution in [0.3, 0.4) is 0 Å². The molecule has 0 radical (unpaired) electrons. The third-order valence-corrected chi connectivity index (χ3v) is 3.40. The molecule has 23 heavy (non-hydrogen) atoms. The molecule has 7 nitrogen and oxygen atoms in total. The second-order valence-electron chi connectivity index (χ2n) is 4.73. The molecule has 7 heteroatoms. The molecule has 0 atom stereocenters. The monoisotopic (exact) mass is 316 g/mol. The molecule has 0 heterocycles. The van der Waals surface area contributed by atoms with Gasteiger partial charge in [0.2, 0.25) is 0 Å². The Hall–Kier alpha value is -3.09. The molecule has 1 N–H and O–H groups in total. The molecule has 2 aromatic carbocycles. The second kappa shape index (κ2) is 6.78. The van der Waals surface area contributed by atoms with Gasteiger partial charge >= 0.3 is 0 Å². The number of hydrogen-bond acceptors (Lipinski definition) is 5. The number of amides is 1. The summed E-state index contributed by atoms with van der Waals surface area (Å²) in [6, 6.07) is 9.31. The van der Waals surface area contributed by atoms with Crippen molar-refractivity contribution in [1.82, 2.24) is 0 Å². The first-order valence-corrected chi connectivity index (χ1v) is 6.75. The van der Waals surface area contributed by atoms with Gasteiger partial charge in [0, 0.05) is 12.1 Å². The summed E-state index contributed by atoms with van der Waals surface area (Å²) in [5.74, 6) is 0.489. The summed E-state index contributed by atoms with van der Waals surface area (Å²) in [5.41, 5.74) is 1.02. The number of benzene rings is 2. The average Bonchev–Trinajstić information content (AvgIpc) is 2.55. The summed E-state index contributed by atoms with van der Waals surface area (Å²) in [7, 11) is 2.96. The molecule has 2 rings (SSSR count). The van der Waals surface area contributed by atoms with Gasteiger partial charge in [0.25, 0.3) is 11.6 Å². The zero-order chi connectivity index (χ0) is 17.0. The molecular weight excluding hydrogens is 300 g/mol. The van der Waals surface area contributed by atoms with Crippen molar-refractivity contribution in [3.63, 3.8) is 0 Å². The van der Waals surface area contributed by atoms with Crippen LogP contribution in [0.4, 0.5) is 11.4 Å². The highest BCUT2D eigenvalue weighted by atomic mass is 16.6. The van der Waals surface area contributed by atoms with E-state index in [0.717, 1.165) is 0 Å². The Kier molecular flexibility index (Phi) is 4.80. The average molecular weight is 316 g/mol. The van der Waals surface area contributed by atoms with Gasteiger partial charge in [-0.05, 0) is 25.1 Å². The predicted molar refractivity (Wildman–Crippen MR) is 85.3 cm³/mol. The Balaban J connectivity index is 2.33. The summed E-state index contributed by atoms with van der Waals surface area (Å²) < 4.78 is 10.3. The van der Waals surface area contributed by atoms with Crippen LogP contribution < -0.4 is 14.8 Å². The zero-order valence-electron chi connectivity index (χ0n) is 13.0. The Morgan fingerprint density at radius 2 is 1.91 bits per heavy atom. The molecule has 0 saturated heterocycles. The summed E-state index contributed by atoms with van der Waals surface area (Å²) in [5, 5.41) is 13.6. The highest BCUT2D eigenvalue weighted by molar-refractivity contribution is 6.06. The number of anilines is 1. The lowest BCUT2D eigenvalue weighted by Crippen LogP contribution is -2.14. The number of nitrogens with one attached hydrogen (secondary N) is 1. The quantitative estimate of drug-likeness (QED) is 0.676. The molecule has 0 spiro atoms. The third-order valence-electron chi connectivity index (χ3n) is 3.40. The number of carbonyl (C=O) groups excluding carboxylic acids is 1. The van der Waals surface area contributed by atoms with Crippen LogP contribution in [0.2, 0.25) is 0 Å². The van der Waals surface area contributed by atoms with E-state index in [1.54, 1.807) is 31.2 Å². The Bertz CT molecular complexity index is 758. The van der Waals surface area contributed by atoms with Gasteiger partial charge < -0.3 is 14.8 Å².